The fourth-order valence-corrected chi connectivity index (χ4v) is 4.92. The van der Waals surface area contributed by atoms with Gasteiger partial charge in [-0.3, -0.25) is 9.59 Å². The van der Waals surface area contributed by atoms with Crippen LogP contribution in [0.3, 0.4) is 0 Å². The Morgan fingerprint density at radius 3 is 2.53 bits per heavy atom. The van der Waals surface area contributed by atoms with Gasteiger partial charge in [-0.2, -0.15) is 0 Å². The Morgan fingerprint density at radius 1 is 1.25 bits per heavy atom. The fraction of sp³-hybridized carbons (Fsp3) is 0.500. The summed E-state index contributed by atoms with van der Waals surface area (Å²) in [6, 6.07) is 3.97. The van der Waals surface area contributed by atoms with Crippen LogP contribution in [0.25, 0.3) is 0 Å². The van der Waals surface area contributed by atoms with Crippen molar-refractivity contribution in [2.75, 3.05) is 19.6 Å². The third-order valence-electron chi connectivity index (χ3n) is 6.83. The number of carbonyl (C=O) groups is 2. The smallest absolute Gasteiger partial charge is 0.257 e. The number of nitrogens with one attached hydrogen (secondary N) is 1. The number of aromatic nitrogens is 2. The third-order valence-corrected chi connectivity index (χ3v) is 7.38. The molecule has 1 aliphatic carbocycles. The number of hydrogen-bond donors (Lipinski definition) is 1. The standard InChI is InChI=1S/C26H31ClFN5O3/c1-5-8-33(16(4)34)18-10-19(11-18)36-23-9-17(28)6-7-20(23)26(35)32-12-21(22(29)13-32)25-30-14(2)24(27)15(3)31-25/h6-7,9,18-19,21,29H,5,8,10-13H2,1-4H3. The molecule has 1 aromatic heterocycles. The quantitative estimate of drug-likeness (QED) is 0.592. The Hall–Kier alpha value is -3.07. The molecule has 1 atom stereocenters. The van der Waals surface area contributed by atoms with Gasteiger partial charge in [0.05, 0.1) is 34.4 Å². The van der Waals surface area contributed by atoms with Crippen molar-refractivity contribution in [3.63, 3.8) is 0 Å². The van der Waals surface area contributed by atoms with E-state index in [2.05, 4.69) is 9.97 Å². The molecule has 2 heterocycles. The first kappa shape index (κ1) is 26.0. The van der Waals surface area contributed by atoms with E-state index in [-0.39, 0.29) is 48.4 Å². The van der Waals surface area contributed by atoms with E-state index in [4.69, 9.17) is 21.7 Å². The van der Waals surface area contributed by atoms with E-state index >= 15 is 0 Å². The SMILES string of the molecule is CCCN(C(C)=O)C1CC(Oc2cc(F)ccc2C(=O)N2CC(=N)C(c3nc(C)c(Cl)c(C)n3)C2)C1. The summed E-state index contributed by atoms with van der Waals surface area (Å²) < 4.78 is 20.2. The van der Waals surface area contributed by atoms with Crippen LogP contribution in [0.1, 0.15) is 66.6 Å². The number of halogens is 2. The number of hydrogen-bond acceptors (Lipinski definition) is 6. The van der Waals surface area contributed by atoms with Crippen LogP contribution in [0.2, 0.25) is 5.02 Å². The van der Waals surface area contributed by atoms with Gasteiger partial charge in [-0.1, -0.05) is 18.5 Å². The molecule has 1 aliphatic heterocycles. The van der Waals surface area contributed by atoms with E-state index in [0.717, 1.165) is 6.42 Å². The molecule has 2 aliphatic rings. The first-order valence-corrected chi connectivity index (χ1v) is 12.6. The Labute approximate surface area is 215 Å². The normalized spacial score (nSPS) is 21.3. The molecular formula is C26H31ClFN5O3. The van der Waals surface area contributed by atoms with Gasteiger partial charge in [0.1, 0.15) is 23.5 Å². The molecule has 36 heavy (non-hydrogen) atoms. The minimum atomic E-state index is -0.499. The second kappa shape index (κ2) is 10.5. The Kier molecular flexibility index (Phi) is 7.59. The number of nitrogens with zero attached hydrogens (tertiary/aromatic N) is 4. The lowest BCUT2D eigenvalue weighted by Gasteiger charge is -2.42. The summed E-state index contributed by atoms with van der Waals surface area (Å²) in [5.74, 6) is -0.598. The van der Waals surface area contributed by atoms with E-state index in [1.54, 1.807) is 20.8 Å². The average Bonchev–Trinajstić information content (AvgIpc) is 3.19. The van der Waals surface area contributed by atoms with E-state index in [1.165, 1.54) is 23.1 Å². The van der Waals surface area contributed by atoms with Crippen molar-refractivity contribution in [3.05, 3.63) is 51.8 Å². The summed E-state index contributed by atoms with van der Waals surface area (Å²) in [5, 5.41) is 8.95. The van der Waals surface area contributed by atoms with Crippen molar-refractivity contribution in [2.45, 2.75) is 65.0 Å². The molecule has 1 saturated heterocycles. The van der Waals surface area contributed by atoms with E-state index < -0.39 is 11.7 Å². The molecule has 8 nitrogen and oxygen atoms in total. The van der Waals surface area contributed by atoms with Crippen LogP contribution in [0.15, 0.2) is 18.2 Å². The van der Waals surface area contributed by atoms with Crippen LogP contribution in [0.4, 0.5) is 4.39 Å². The second-order valence-electron chi connectivity index (χ2n) is 9.55. The van der Waals surface area contributed by atoms with Crippen LogP contribution < -0.4 is 4.74 Å². The molecule has 0 bridgehead atoms. The number of rotatable bonds is 7. The molecule has 192 valence electrons. The summed E-state index contributed by atoms with van der Waals surface area (Å²) in [6.07, 6.45) is 1.93. The zero-order valence-electron chi connectivity index (χ0n) is 21.0. The molecular weight excluding hydrogens is 485 g/mol. The van der Waals surface area contributed by atoms with Gasteiger partial charge in [0.2, 0.25) is 5.91 Å². The van der Waals surface area contributed by atoms with Gasteiger partial charge in [-0.05, 0) is 32.4 Å². The van der Waals surface area contributed by atoms with Crippen LogP contribution >= 0.6 is 11.6 Å². The van der Waals surface area contributed by atoms with E-state index in [0.29, 0.717) is 47.3 Å². The van der Waals surface area contributed by atoms with Crippen LogP contribution in [-0.4, -0.2) is 69.1 Å². The first-order chi connectivity index (χ1) is 17.1. The Bertz CT molecular complexity index is 1180. The number of benzene rings is 1. The zero-order chi connectivity index (χ0) is 26.1. The summed E-state index contributed by atoms with van der Waals surface area (Å²) in [4.78, 5) is 37.6. The first-order valence-electron chi connectivity index (χ1n) is 12.2. The van der Waals surface area contributed by atoms with Crippen LogP contribution in [0, 0.1) is 25.1 Å². The van der Waals surface area contributed by atoms with Gasteiger partial charge in [-0.25, -0.2) is 14.4 Å². The van der Waals surface area contributed by atoms with Crippen molar-refractivity contribution in [3.8, 4) is 5.75 Å². The largest absolute Gasteiger partial charge is 0.489 e. The van der Waals surface area contributed by atoms with E-state index in [1.807, 2.05) is 11.8 Å². The van der Waals surface area contributed by atoms with Gasteiger partial charge >= 0.3 is 0 Å². The van der Waals surface area contributed by atoms with Crippen LogP contribution in [0.5, 0.6) is 5.75 Å². The molecule has 2 fully saturated rings. The Morgan fingerprint density at radius 2 is 1.92 bits per heavy atom. The zero-order valence-corrected chi connectivity index (χ0v) is 21.7. The summed E-state index contributed by atoms with van der Waals surface area (Å²) in [7, 11) is 0. The minimum absolute atomic E-state index is 0.0306. The predicted octanol–water partition coefficient (Wildman–Crippen LogP) is 4.31. The van der Waals surface area contributed by atoms with Crippen molar-refractivity contribution in [1.29, 1.82) is 5.41 Å². The van der Waals surface area contributed by atoms with Gasteiger partial charge in [0.15, 0.2) is 0 Å². The van der Waals surface area contributed by atoms with Gasteiger partial charge in [0, 0.05) is 50.7 Å². The minimum Gasteiger partial charge on any atom is -0.489 e. The van der Waals surface area contributed by atoms with Gasteiger partial charge < -0.3 is 19.9 Å². The highest BCUT2D eigenvalue weighted by atomic mass is 35.5. The molecule has 2 aromatic rings. The van der Waals surface area contributed by atoms with Crippen molar-refractivity contribution in [1.82, 2.24) is 19.8 Å². The average molecular weight is 516 g/mol. The second-order valence-corrected chi connectivity index (χ2v) is 9.93. The molecule has 1 unspecified atom stereocenters. The maximum atomic E-state index is 14.1. The number of aryl methyl sites for hydroxylation is 2. The number of likely N-dealkylation sites (tertiary alicyclic amines) is 1. The predicted molar refractivity (Wildman–Crippen MR) is 134 cm³/mol. The van der Waals surface area contributed by atoms with Crippen molar-refractivity contribution in [2.24, 2.45) is 0 Å². The molecule has 2 amide bonds. The number of amides is 2. The summed E-state index contributed by atoms with van der Waals surface area (Å²) >= 11 is 6.19. The lowest BCUT2D eigenvalue weighted by Crippen LogP contribution is -2.51. The van der Waals surface area contributed by atoms with Crippen LogP contribution in [-0.2, 0) is 4.79 Å². The van der Waals surface area contributed by atoms with Gasteiger partial charge in [-0.15, -0.1) is 0 Å². The highest BCUT2D eigenvalue weighted by Crippen LogP contribution is 2.34. The molecule has 0 radical (unpaired) electrons. The van der Waals surface area contributed by atoms with Crippen molar-refractivity contribution < 1.29 is 18.7 Å². The number of ether oxygens (including phenoxy) is 1. The third kappa shape index (κ3) is 5.21. The molecule has 1 saturated carbocycles. The number of carbonyl (C=O) groups excluding carboxylic acids is 2. The maximum Gasteiger partial charge on any atom is 0.257 e. The maximum absolute atomic E-state index is 14.1. The molecule has 4 rings (SSSR count). The molecule has 1 aromatic carbocycles. The molecule has 0 spiro atoms. The topological polar surface area (TPSA) is 99.5 Å². The molecule has 10 heteroatoms. The molecule has 1 N–H and O–H groups in total. The lowest BCUT2D eigenvalue weighted by atomic mass is 9.87. The Balaban J connectivity index is 1.47. The highest BCUT2D eigenvalue weighted by Gasteiger charge is 2.38. The van der Waals surface area contributed by atoms with Crippen molar-refractivity contribution >= 4 is 29.1 Å². The summed E-state index contributed by atoms with van der Waals surface area (Å²) in [5.41, 5.74) is 1.84. The monoisotopic (exact) mass is 515 g/mol. The fourth-order valence-electron chi connectivity index (χ4n) is 4.83. The lowest BCUT2D eigenvalue weighted by molar-refractivity contribution is -0.135. The van der Waals surface area contributed by atoms with E-state index in [9.17, 15) is 14.0 Å². The highest BCUT2D eigenvalue weighted by molar-refractivity contribution is 6.31. The van der Waals surface area contributed by atoms with Gasteiger partial charge in [0.25, 0.3) is 5.91 Å². The summed E-state index contributed by atoms with van der Waals surface area (Å²) in [6.45, 7) is 8.21.